The smallest absolute Gasteiger partial charge is 0.417 e. The number of aliphatic carboxylic acids is 1. The topological polar surface area (TPSA) is 173 Å². The second kappa shape index (κ2) is 9.00. The number of primary amides is 1. The maximum atomic E-state index is 13.0. The van der Waals surface area contributed by atoms with Gasteiger partial charge in [-0.05, 0) is 40.5 Å². The Morgan fingerprint density at radius 2 is 1.82 bits per heavy atom. The fraction of sp³-hybridized carbons (Fsp3) is 0.706. The number of likely N-dealkylation sites (tertiary alicyclic amines) is 1. The van der Waals surface area contributed by atoms with Gasteiger partial charge in [-0.25, -0.2) is 14.5 Å². The summed E-state index contributed by atoms with van der Waals surface area (Å²) in [6, 6.07) is -3.94. The summed E-state index contributed by atoms with van der Waals surface area (Å²) in [5, 5.41) is 9.32. The number of carboxylic acids is 1. The molecule has 1 rings (SSSR count). The summed E-state index contributed by atoms with van der Waals surface area (Å²) < 4.78 is 5.19. The number of hydrogen-bond donors (Lipinski definition) is 3. The van der Waals surface area contributed by atoms with Gasteiger partial charge in [-0.2, -0.15) is 0 Å². The summed E-state index contributed by atoms with van der Waals surface area (Å²) in [5.41, 5.74) is 9.83. The van der Waals surface area contributed by atoms with Crippen LogP contribution in [0.15, 0.2) is 0 Å². The quantitative estimate of drug-likeness (QED) is 0.530. The Labute approximate surface area is 162 Å². The van der Waals surface area contributed by atoms with E-state index < -0.39 is 59.9 Å². The maximum absolute atomic E-state index is 13.0. The number of nitrogens with zero attached hydrogens (tertiary/aromatic N) is 2. The van der Waals surface area contributed by atoms with E-state index >= 15 is 0 Å². The molecule has 158 valence electrons. The number of ether oxygens (including phenoxy) is 1. The third-order valence-corrected chi connectivity index (χ3v) is 4.03. The van der Waals surface area contributed by atoms with Crippen molar-refractivity contribution in [1.29, 1.82) is 0 Å². The highest BCUT2D eigenvalue weighted by molar-refractivity contribution is 6.02. The lowest BCUT2D eigenvalue weighted by atomic mass is 10.1. The van der Waals surface area contributed by atoms with Gasteiger partial charge >= 0.3 is 12.1 Å². The molecule has 4 amide bonds. The number of carboxylic acid groups (broad SMARTS) is 1. The predicted molar refractivity (Wildman–Crippen MR) is 96.7 cm³/mol. The number of carbonyl (C=O) groups excluding carboxylic acids is 4. The minimum atomic E-state index is -1.65. The first-order valence-electron chi connectivity index (χ1n) is 8.89. The number of rotatable bonds is 6. The van der Waals surface area contributed by atoms with E-state index in [1.54, 1.807) is 20.8 Å². The van der Waals surface area contributed by atoms with Crippen LogP contribution in [0.1, 0.15) is 47.0 Å². The monoisotopic (exact) mass is 400 g/mol. The Kier molecular flexibility index (Phi) is 7.51. The molecule has 0 bridgehead atoms. The van der Waals surface area contributed by atoms with Crippen molar-refractivity contribution in [2.45, 2.75) is 70.7 Å². The highest BCUT2D eigenvalue weighted by atomic mass is 16.6. The lowest BCUT2D eigenvalue weighted by Gasteiger charge is -2.34. The number of carbonyl (C=O) groups is 5. The number of hydrogen-bond acceptors (Lipinski definition) is 7. The summed E-state index contributed by atoms with van der Waals surface area (Å²) in [5.74, 6) is -3.98. The third kappa shape index (κ3) is 5.91. The molecule has 0 saturated carbocycles. The molecule has 0 aliphatic carbocycles. The van der Waals surface area contributed by atoms with Crippen LogP contribution in [0.3, 0.4) is 0 Å². The van der Waals surface area contributed by atoms with Gasteiger partial charge in [0.2, 0.25) is 17.7 Å². The first-order valence-corrected chi connectivity index (χ1v) is 8.89. The summed E-state index contributed by atoms with van der Waals surface area (Å²) in [4.78, 5) is 62.8. The first-order chi connectivity index (χ1) is 12.8. The second-order valence-electron chi connectivity index (χ2n) is 7.69. The Balaban J connectivity index is 3.34. The van der Waals surface area contributed by atoms with E-state index in [1.165, 1.54) is 6.92 Å². The van der Waals surface area contributed by atoms with Crippen LogP contribution in [0, 0.1) is 0 Å². The SMILES string of the molecule is CC(N)C(=O)N(C(=O)OC(C)(C)C)C(CC(N)=O)C(=O)N1CCCC1C(=O)O. The van der Waals surface area contributed by atoms with Gasteiger partial charge in [0.15, 0.2) is 0 Å². The van der Waals surface area contributed by atoms with Crippen molar-refractivity contribution in [2.75, 3.05) is 6.54 Å². The van der Waals surface area contributed by atoms with Gasteiger partial charge in [0.1, 0.15) is 17.7 Å². The maximum Gasteiger partial charge on any atom is 0.417 e. The molecule has 1 fully saturated rings. The fourth-order valence-electron chi connectivity index (χ4n) is 2.86. The van der Waals surface area contributed by atoms with Crippen LogP contribution in [-0.2, 0) is 23.9 Å². The van der Waals surface area contributed by atoms with Crippen LogP contribution in [-0.4, -0.2) is 75.0 Å². The summed E-state index contributed by atoms with van der Waals surface area (Å²) in [6.45, 7) is 6.10. The van der Waals surface area contributed by atoms with Crippen molar-refractivity contribution in [2.24, 2.45) is 11.5 Å². The van der Waals surface area contributed by atoms with Crippen LogP contribution in [0.25, 0.3) is 0 Å². The molecular formula is C17H28N4O7. The molecule has 1 heterocycles. The van der Waals surface area contributed by atoms with E-state index in [-0.39, 0.29) is 13.0 Å². The van der Waals surface area contributed by atoms with Crippen molar-refractivity contribution in [3.05, 3.63) is 0 Å². The van der Waals surface area contributed by atoms with Crippen molar-refractivity contribution >= 4 is 29.8 Å². The van der Waals surface area contributed by atoms with E-state index in [4.69, 9.17) is 16.2 Å². The lowest BCUT2D eigenvalue weighted by Crippen LogP contribution is -2.59. The van der Waals surface area contributed by atoms with Crippen molar-refractivity contribution in [3.63, 3.8) is 0 Å². The summed E-state index contributed by atoms with van der Waals surface area (Å²) in [7, 11) is 0. The normalized spacial score (nSPS) is 18.9. The molecule has 11 heteroatoms. The van der Waals surface area contributed by atoms with E-state index in [2.05, 4.69) is 0 Å². The van der Waals surface area contributed by atoms with E-state index in [0.717, 1.165) is 4.90 Å². The van der Waals surface area contributed by atoms with E-state index in [0.29, 0.717) is 11.3 Å². The third-order valence-electron chi connectivity index (χ3n) is 4.03. The largest absolute Gasteiger partial charge is 0.480 e. The van der Waals surface area contributed by atoms with Gasteiger partial charge in [0.05, 0.1) is 12.5 Å². The van der Waals surface area contributed by atoms with Gasteiger partial charge in [0.25, 0.3) is 0 Å². The molecule has 0 aromatic rings. The van der Waals surface area contributed by atoms with E-state index in [9.17, 15) is 29.1 Å². The minimum Gasteiger partial charge on any atom is -0.480 e. The van der Waals surface area contributed by atoms with Gasteiger partial charge in [-0.15, -0.1) is 0 Å². The van der Waals surface area contributed by atoms with Crippen molar-refractivity contribution in [1.82, 2.24) is 9.80 Å². The Morgan fingerprint density at radius 3 is 2.25 bits per heavy atom. The molecule has 3 atom stereocenters. The van der Waals surface area contributed by atoms with Gasteiger partial charge < -0.3 is 26.2 Å². The van der Waals surface area contributed by atoms with Crippen molar-refractivity contribution in [3.8, 4) is 0 Å². The molecule has 11 nitrogen and oxygen atoms in total. The van der Waals surface area contributed by atoms with E-state index in [1.807, 2.05) is 0 Å². The Bertz CT molecular complexity index is 656. The Hall–Kier alpha value is -2.69. The zero-order valence-electron chi connectivity index (χ0n) is 16.5. The standard InChI is InChI=1S/C17H28N4O7/c1-9(18)13(23)21(16(27)28-17(2,3)4)11(8-12(19)22)14(24)20-7-5-6-10(20)15(25)26/h9-11H,5-8,18H2,1-4H3,(H2,19,22)(H,25,26). The van der Waals surface area contributed by atoms with Gasteiger partial charge in [-0.1, -0.05) is 0 Å². The number of amides is 4. The van der Waals surface area contributed by atoms with Gasteiger partial charge in [-0.3, -0.25) is 14.4 Å². The molecule has 1 aliphatic heterocycles. The predicted octanol–water partition coefficient (Wildman–Crippen LogP) is -0.583. The summed E-state index contributed by atoms with van der Waals surface area (Å²) >= 11 is 0. The molecule has 0 radical (unpaired) electrons. The zero-order chi connectivity index (χ0) is 21.8. The molecular weight excluding hydrogens is 372 g/mol. The zero-order valence-corrected chi connectivity index (χ0v) is 16.5. The average Bonchev–Trinajstić information content (AvgIpc) is 3.00. The lowest BCUT2D eigenvalue weighted by molar-refractivity contribution is -0.153. The van der Waals surface area contributed by atoms with Crippen LogP contribution >= 0.6 is 0 Å². The highest BCUT2D eigenvalue weighted by Crippen LogP contribution is 2.23. The highest BCUT2D eigenvalue weighted by Gasteiger charge is 2.44. The van der Waals surface area contributed by atoms with Crippen LogP contribution in [0.5, 0.6) is 0 Å². The molecule has 1 aliphatic rings. The van der Waals surface area contributed by atoms with Gasteiger partial charge in [0, 0.05) is 6.54 Å². The molecule has 3 unspecified atom stereocenters. The molecule has 28 heavy (non-hydrogen) atoms. The molecule has 5 N–H and O–H groups in total. The molecule has 0 aromatic carbocycles. The first kappa shape index (κ1) is 23.3. The fourth-order valence-corrected chi connectivity index (χ4v) is 2.86. The molecule has 0 spiro atoms. The number of imide groups is 1. The minimum absolute atomic E-state index is 0.111. The van der Waals surface area contributed by atoms with Crippen LogP contribution < -0.4 is 11.5 Å². The number of nitrogens with two attached hydrogens (primary N) is 2. The molecule has 0 aromatic heterocycles. The average molecular weight is 400 g/mol. The Morgan fingerprint density at radius 1 is 1.25 bits per heavy atom. The van der Waals surface area contributed by atoms with Crippen LogP contribution in [0.4, 0.5) is 4.79 Å². The molecule has 1 saturated heterocycles. The summed E-state index contributed by atoms with van der Waals surface area (Å²) in [6.07, 6.45) is -1.20. The van der Waals surface area contributed by atoms with Crippen LogP contribution in [0.2, 0.25) is 0 Å². The van der Waals surface area contributed by atoms with Crippen molar-refractivity contribution < 1.29 is 33.8 Å². The second-order valence-corrected chi connectivity index (χ2v) is 7.69.